The van der Waals surface area contributed by atoms with Gasteiger partial charge < -0.3 is 14.8 Å². The van der Waals surface area contributed by atoms with Crippen molar-refractivity contribution in [1.82, 2.24) is 29.7 Å². The van der Waals surface area contributed by atoms with Gasteiger partial charge in [0.15, 0.2) is 0 Å². The number of aromatic nitrogens is 4. The molecular weight excluding hydrogens is 501 g/mol. The molecule has 37 heavy (non-hydrogen) atoms. The molecule has 4 aromatic rings. The number of carbonyl (C=O) groups is 1. The summed E-state index contributed by atoms with van der Waals surface area (Å²) in [5, 5.41) is 3.74. The number of likely N-dealkylation sites (tertiary alicyclic amines) is 1. The Morgan fingerprint density at radius 2 is 1.97 bits per heavy atom. The molecule has 0 aliphatic carbocycles. The number of rotatable bonds is 7. The Balaban J connectivity index is 1.25. The van der Waals surface area contributed by atoms with Crippen LogP contribution in [0.25, 0.3) is 11.0 Å². The van der Waals surface area contributed by atoms with Gasteiger partial charge in [-0.2, -0.15) is 13.2 Å². The number of pyridine rings is 1. The second-order valence-electron chi connectivity index (χ2n) is 9.27. The molecule has 1 aliphatic rings. The summed E-state index contributed by atoms with van der Waals surface area (Å²) in [6.07, 6.45) is 2.26. The minimum absolute atomic E-state index is 0.290. The minimum atomic E-state index is -4.35. The van der Waals surface area contributed by atoms with E-state index in [9.17, 15) is 18.0 Å². The van der Waals surface area contributed by atoms with E-state index in [4.69, 9.17) is 0 Å². The number of nitrogens with zero attached hydrogens (tertiary/aromatic N) is 5. The molecule has 194 valence electrons. The third-order valence-electron chi connectivity index (χ3n) is 6.76. The largest absolute Gasteiger partial charge is 0.416 e. The van der Waals surface area contributed by atoms with Crippen LogP contribution < -0.4 is 5.32 Å². The van der Waals surface area contributed by atoms with Crippen molar-refractivity contribution in [2.75, 3.05) is 19.6 Å². The van der Waals surface area contributed by atoms with E-state index in [2.05, 4.69) is 36.7 Å². The Hall–Kier alpha value is -3.31. The molecule has 1 aromatic carbocycles. The summed E-state index contributed by atoms with van der Waals surface area (Å²) in [7, 11) is 0. The van der Waals surface area contributed by atoms with Crippen LogP contribution in [0.4, 0.5) is 13.2 Å². The molecule has 11 heteroatoms. The van der Waals surface area contributed by atoms with Gasteiger partial charge in [-0.25, -0.2) is 15.0 Å². The number of imidazole rings is 1. The average Bonchev–Trinajstić information content (AvgIpc) is 3.62. The van der Waals surface area contributed by atoms with E-state index in [1.54, 1.807) is 18.5 Å². The summed E-state index contributed by atoms with van der Waals surface area (Å²) in [6.45, 7) is 7.05. The zero-order valence-electron chi connectivity index (χ0n) is 20.5. The number of benzene rings is 1. The standard InChI is InChI=1S/C26H27F3N6OS/c1-3-34-9-8-19(14-34)35-15-32-21-12-30-20(11-22(21)35)25(36)33-16(2)23-13-31-24(37-23)10-17-4-6-18(7-5-17)26(27,28)29/h4-7,11-13,15-16,19H,3,8-10,14H2,1-2H3,(H,33,36)/t16-,19-/m0/s1. The monoisotopic (exact) mass is 528 g/mol. The maximum atomic E-state index is 13.0. The van der Waals surface area contributed by atoms with E-state index in [1.165, 1.54) is 23.5 Å². The predicted octanol–water partition coefficient (Wildman–Crippen LogP) is 5.26. The third kappa shape index (κ3) is 5.52. The highest BCUT2D eigenvalue weighted by atomic mass is 32.1. The molecule has 2 atom stereocenters. The number of hydrogen-bond donors (Lipinski definition) is 1. The second-order valence-corrected chi connectivity index (χ2v) is 10.4. The highest BCUT2D eigenvalue weighted by Gasteiger charge is 2.30. The van der Waals surface area contributed by atoms with Crippen LogP contribution in [0.1, 0.15) is 63.9 Å². The number of carbonyl (C=O) groups excluding carboxylic acids is 1. The number of hydrogen-bond acceptors (Lipinski definition) is 6. The Bertz CT molecular complexity index is 1400. The highest BCUT2D eigenvalue weighted by Crippen LogP contribution is 2.30. The van der Waals surface area contributed by atoms with Crippen LogP contribution in [0, 0.1) is 0 Å². The molecule has 3 aromatic heterocycles. The van der Waals surface area contributed by atoms with Gasteiger partial charge >= 0.3 is 6.18 Å². The van der Waals surface area contributed by atoms with Crippen LogP contribution in [0.2, 0.25) is 0 Å². The lowest BCUT2D eigenvalue weighted by Gasteiger charge is -2.15. The number of halogens is 3. The van der Waals surface area contributed by atoms with Crippen LogP contribution in [0.5, 0.6) is 0 Å². The van der Waals surface area contributed by atoms with Gasteiger partial charge in [0.1, 0.15) is 11.2 Å². The van der Waals surface area contributed by atoms with Crippen LogP contribution in [-0.2, 0) is 12.6 Å². The zero-order chi connectivity index (χ0) is 26.2. The molecule has 0 bridgehead atoms. The summed E-state index contributed by atoms with van der Waals surface area (Å²) < 4.78 is 40.5. The molecule has 7 nitrogen and oxygen atoms in total. The lowest BCUT2D eigenvalue weighted by Crippen LogP contribution is -2.27. The molecule has 1 N–H and O–H groups in total. The van der Waals surface area contributed by atoms with Crippen LogP contribution in [0.15, 0.2) is 49.1 Å². The molecule has 1 amide bonds. The number of nitrogens with one attached hydrogen (secondary N) is 1. The van der Waals surface area contributed by atoms with Crippen molar-refractivity contribution in [2.24, 2.45) is 0 Å². The number of fused-ring (bicyclic) bond motifs is 1. The quantitative estimate of drug-likeness (QED) is 0.354. The van der Waals surface area contributed by atoms with Crippen molar-refractivity contribution in [3.8, 4) is 0 Å². The second kappa shape index (κ2) is 10.2. The van der Waals surface area contributed by atoms with Gasteiger partial charge in [0.25, 0.3) is 5.91 Å². The maximum Gasteiger partial charge on any atom is 0.416 e. The van der Waals surface area contributed by atoms with E-state index >= 15 is 0 Å². The first-order valence-corrected chi connectivity index (χ1v) is 13.0. The molecule has 1 saturated heterocycles. The Labute approximate surface area is 216 Å². The van der Waals surface area contributed by atoms with E-state index < -0.39 is 11.7 Å². The lowest BCUT2D eigenvalue weighted by molar-refractivity contribution is -0.137. The Kier molecular flexibility index (Phi) is 7.00. The number of amides is 1. The predicted molar refractivity (Wildman–Crippen MR) is 136 cm³/mol. The van der Waals surface area contributed by atoms with Gasteiger partial charge in [0.05, 0.1) is 34.7 Å². The van der Waals surface area contributed by atoms with Gasteiger partial charge in [-0.1, -0.05) is 19.1 Å². The fourth-order valence-corrected chi connectivity index (χ4v) is 5.56. The smallest absolute Gasteiger partial charge is 0.343 e. The number of alkyl halides is 3. The normalized spacial score (nSPS) is 17.4. The van der Waals surface area contributed by atoms with E-state index in [-0.39, 0.29) is 11.9 Å². The van der Waals surface area contributed by atoms with Gasteiger partial charge in [-0.05, 0) is 43.7 Å². The lowest BCUT2D eigenvalue weighted by atomic mass is 10.1. The van der Waals surface area contributed by atoms with Crippen LogP contribution in [-0.4, -0.2) is 50.0 Å². The fourth-order valence-electron chi connectivity index (χ4n) is 4.61. The Morgan fingerprint density at radius 3 is 2.68 bits per heavy atom. The minimum Gasteiger partial charge on any atom is -0.343 e. The molecule has 0 spiro atoms. The van der Waals surface area contributed by atoms with Gasteiger partial charge in [0, 0.05) is 36.6 Å². The number of thiazole rings is 1. The first-order chi connectivity index (χ1) is 17.7. The van der Waals surface area contributed by atoms with Crippen molar-refractivity contribution in [2.45, 2.75) is 44.9 Å². The van der Waals surface area contributed by atoms with Crippen molar-refractivity contribution < 1.29 is 18.0 Å². The summed E-state index contributed by atoms with van der Waals surface area (Å²) in [5.74, 6) is -0.290. The molecule has 1 fully saturated rings. The van der Waals surface area contributed by atoms with Crippen molar-refractivity contribution in [3.63, 3.8) is 0 Å². The summed E-state index contributed by atoms with van der Waals surface area (Å²) >= 11 is 1.42. The highest BCUT2D eigenvalue weighted by molar-refractivity contribution is 7.11. The fraction of sp³-hybridized carbons (Fsp3) is 0.385. The van der Waals surface area contributed by atoms with Gasteiger partial charge in [-0.15, -0.1) is 11.3 Å². The van der Waals surface area contributed by atoms with E-state index in [0.29, 0.717) is 18.2 Å². The van der Waals surface area contributed by atoms with Gasteiger partial charge in [0.2, 0.25) is 0 Å². The summed E-state index contributed by atoms with van der Waals surface area (Å²) in [4.78, 5) is 29.5. The zero-order valence-corrected chi connectivity index (χ0v) is 21.3. The average molecular weight is 529 g/mol. The molecule has 5 rings (SSSR count). The summed E-state index contributed by atoms with van der Waals surface area (Å²) in [6, 6.07) is 6.90. The topological polar surface area (TPSA) is 75.9 Å². The van der Waals surface area contributed by atoms with Crippen LogP contribution >= 0.6 is 11.3 Å². The maximum absolute atomic E-state index is 13.0. The van der Waals surface area contributed by atoms with Crippen molar-refractivity contribution >= 4 is 28.3 Å². The Morgan fingerprint density at radius 1 is 1.19 bits per heavy atom. The molecule has 0 unspecified atom stereocenters. The summed E-state index contributed by atoms with van der Waals surface area (Å²) in [5.41, 5.74) is 2.04. The van der Waals surface area contributed by atoms with E-state index in [0.717, 1.165) is 64.7 Å². The van der Waals surface area contributed by atoms with Crippen molar-refractivity contribution in [1.29, 1.82) is 0 Å². The molecular formula is C26H27F3N6OS. The third-order valence-corrected chi connectivity index (χ3v) is 7.94. The molecule has 0 saturated carbocycles. The first kappa shape index (κ1) is 25.3. The van der Waals surface area contributed by atoms with Crippen LogP contribution in [0.3, 0.4) is 0 Å². The SMILES string of the molecule is CCN1CC[C@H](n2cnc3cnc(C(=O)N[C@@H](C)c4cnc(Cc5ccc(C(F)(F)F)cc5)s4)cc32)C1. The molecule has 4 heterocycles. The molecule has 1 aliphatic heterocycles. The number of likely N-dealkylation sites (N-methyl/N-ethyl adjacent to an activating group) is 1. The van der Waals surface area contributed by atoms with E-state index in [1.807, 2.05) is 13.3 Å². The van der Waals surface area contributed by atoms with Gasteiger partial charge in [-0.3, -0.25) is 4.79 Å². The van der Waals surface area contributed by atoms with Crippen molar-refractivity contribution in [3.05, 3.63) is 75.8 Å². The first-order valence-electron chi connectivity index (χ1n) is 12.2. The molecule has 0 radical (unpaired) electrons.